The topological polar surface area (TPSA) is 46.9 Å². The second-order valence-electron chi connectivity index (χ2n) is 5.45. The predicted molar refractivity (Wildman–Crippen MR) is 75.0 cm³/mol. The van der Waals surface area contributed by atoms with E-state index in [1.165, 1.54) is 11.1 Å². The van der Waals surface area contributed by atoms with Gasteiger partial charge < -0.3 is 9.88 Å². The van der Waals surface area contributed by atoms with Gasteiger partial charge in [-0.1, -0.05) is 0 Å². The Morgan fingerprint density at radius 1 is 1.37 bits per heavy atom. The lowest BCUT2D eigenvalue weighted by Crippen LogP contribution is -2.26. The van der Waals surface area contributed by atoms with Crippen molar-refractivity contribution in [2.75, 3.05) is 0 Å². The molecule has 3 rings (SSSR count). The van der Waals surface area contributed by atoms with Gasteiger partial charge in [0.1, 0.15) is 0 Å². The Hall–Kier alpha value is -1.84. The molecule has 4 nitrogen and oxygen atoms in total. The number of hydrogen-bond donors (Lipinski definition) is 1. The van der Waals surface area contributed by atoms with Crippen LogP contribution in [0.5, 0.6) is 0 Å². The number of nitrogens with one attached hydrogen (secondary N) is 1. The number of carbonyl (C=O) groups is 1. The van der Waals surface area contributed by atoms with Gasteiger partial charge in [-0.25, -0.2) is 4.98 Å². The molecule has 0 atom stereocenters. The third kappa shape index (κ3) is 2.62. The van der Waals surface area contributed by atoms with Gasteiger partial charge in [0.15, 0.2) is 0 Å². The summed E-state index contributed by atoms with van der Waals surface area (Å²) in [5.41, 5.74) is 4.63. The Kier molecular flexibility index (Phi) is 3.01. The molecule has 1 amide bonds. The molecule has 19 heavy (non-hydrogen) atoms. The Labute approximate surface area is 112 Å². The first-order valence-corrected chi connectivity index (χ1v) is 6.85. The van der Waals surface area contributed by atoms with Crippen LogP contribution in [0.25, 0.3) is 11.0 Å². The van der Waals surface area contributed by atoms with Crippen LogP contribution in [0.15, 0.2) is 18.5 Å². The average molecular weight is 257 g/mol. The molecule has 1 heterocycles. The number of aromatic nitrogens is 2. The number of imidazole rings is 1. The number of hydrogen-bond acceptors (Lipinski definition) is 2. The van der Waals surface area contributed by atoms with Crippen molar-refractivity contribution in [2.45, 2.75) is 45.7 Å². The summed E-state index contributed by atoms with van der Waals surface area (Å²) in [5, 5.41) is 3.01. The molecular weight excluding hydrogens is 238 g/mol. The second kappa shape index (κ2) is 4.68. The molecular formula is C15H19N3O. The fourth-order valence-corrected chi connectivity index (χ4v) is 2.24. The molecule has 1 aromatic carbocycles. The fourth-order valence-electron chi connectivity index (χ4n) is 2.24. The molecule has 4 heteroatoms. The first-order valence-electron chi connectivity index (χ1n) is 6.85. The number of fused-ring (bicyclic) bond motifs is 1. The summed E-state index contributed by atoms with van der Waals surface area (Å²) in [6.45, 7) is 4.89. The zero-order chi connectivity index (χ0) is 13.4. The molecule has 1 saturated carbocycles. The zero-order valence-electron chi connectivity index (χ0n) is 11.4. The van der Waals surface area contributed by atoms with Crippen molar-refractivity contribution in [3.05, 3.63) is 29.6 Å². The minimum atomic E-state index is 0.146. The third-order valence-electron chi connectivity index (χ3n) is 3.76. The molecule has 0 saturated heterocycles. The highest BCUT2D eigenvalue weighted by Crippen LogP contribution is 2.20. The second-order valence-corrected chi connectivity index (χ2v) is 5.45. The number of aryl methyl sites for hydroxylation is 3. The minimum Gasteiger partial charge on any atom is -0.353 e. The zero-order valence-corrected chi connectivity index (χ0v) is 11.4. The Balaban J connectivity index is 1.73. The van der Waals surface area contributed by atoms with E-state index in [0.717, 1.165) is 23.9 Å². The van der Waals surface area contributed by atoms with Gasteiger partial charge in [0.25, 0.3) is 0 Å². The van der Waals surface area contributed by atoms with E-state index in [1.807, 2.05) is 6.33 Å². The van der Waals surface area contributed by atoms with E-state index in [4.69, 9.17) is 0 Å². The SMILES string of the molecule is Cc1cc2ncn(CCC(=O)NC3CC3)c2cc1C. The van der Waals surface area contributed by atoms with Crippen LogP contribution < -0.4 is 5.32 Å². The normalized spacial score (nSPS) is 14.8. The van der Waals surface area contributed by atoms with Crippen molar-refractivity contribution in [3.8, 4) is 0 Å². The molecule has 1 aromatic heterocycles. The van der Waals surface area contributed by atoms with Crippen LogP contribution in [0, 0.1) is 13.8 Å². The average Bonchev–Trinajstić information content (AvgIpc) is 3.10. The highest BCUT2D eigenvalue weighted by atomic mass is 16.1. The van der Waals surface area contributed by atoms with Gasteiger partial charge in [-0.2, -0.15) is 0 Å². The van der Waals surface area contributed by atoms with Gasteiger partial charge in [-0.15, -0.1) is 0 Å². The predicted octanol–water partition coefficient (Wildman–Crippen LogP) is 2.32. The fraction of sp³-hybridized carbons (Fsp3) is 0.467. The summed E-state index contributed by atoms with van der Waals surface area (Å²) in [5.74, 6) is 0.146. The summed E-state index contributed by atoms with van der Waals surface area (Å²) >= 11 is 0. The standard InChI is InChI=1S/C15H19N3O/c1-10-7-13-14(8-11(10)2)18(9-16-13)6-5-15(19)17-12-3-4-12/h7-9,12H,3-6H2,1-2H3,(H,17,19). The Bertz CT molecular complexity index is 626. The maximum Gasteiger partial charge on any atom is 0.222 e. The van der Waals surface area contributed by atoms with Crippen LogP contribution in [-0.2, 0) is 11.3 Å². The Morgan fingerprint density at radius 3 is 2.84 bits per heavy atom. The summed E-state index contributed by atoms with van der Waals surface area (Å²) < 4.78 is 2.06. The van der Waals surface area contributed by atoms with Gasteiger partial charge in [0.05, 0.1) is 17.4 Å². The maximum absolute atomic E-state index is 11.7. The molecule has 100 valence electrons. The molecule has 0 spiro atoms. The lowest BCUT2D eigenvalue weighted by molar-refractivity contribution is -0.121. The van der Waals surface area contributed by atoms with Crippen molar-refractivity contribution in [1.29, 1.82) is 0 Å². The van der Waals surface area contributed by atoms with Crippen molar-refractivity contribution >= 4 is 16.9 Å². The van der Waals surface area contributed by atoms with Crippen molar-refractivity contribution in [1.82, 2.24) is 14.9 Å². The minimum absolute atomic E-state index is 0.146. The quantitative estimate of drug-likeness (QED) is 0.913. The van der Waals surface area contributed by atoms with Crippen LogP contribution >= 0.6 is 0 Å². The largest absolute Gasteiger partial charge is 0.353 e. The van der Waals surface area contributed by atoms with E-state index in [-0.39, 0.29) is 5.91 Å². The van der Waals surface area contributed by atoms with E-state index < -0.39 is 0 Å². The first-order chi connectivity index (χ1) is 9.13. The van der Waals surface area contributed by atoms with Crippen molar-refractivity contribution in [3.63, 3.8) is 0 Å². The van der Waals surface area contributed by atoms with Crippen LogP contribution in [-0.4, -0.2) is 21.5 Å². The number of benzene rings is 1. The van der Waals surface area contributed by atoms with Gasteiger partial charge in [0, 0.05) is 19.0 Å². The highest BCUT2D eigenvalue weighted by molar-refractivity contribution is 5.79. The smallest absolute Gasteiger partial charge is 0.222 e. The van der Waals surface area contributed by atoms with E-state index in [9.17, 15) is 4.79 Å². The summed E-state index contributed by atoms with van der Waals surface area (Å²) in [4.78, 5) is 16.1. The van der Waals surface area contributed by atoms with Crippen molar-refractivity contribution in [2.24, 2.45) is 0 Å². The molecule has 0 unspecified atom stereocenters. The number of rotatable bonds is 4. The molecule has 2 aromatic rings. The van der Waals surface area contributed by atoms with Crippen molar-refractivity contribution < 1.29 is 4.79 Å². The van der Waals surface area contributed by atoms with Crippen LogP contribution in [0.4, 0.5) is 0 Å². The molecule has 1 N–H and O–H groups in total. The van der Waals surface area contributed by atoms with Crippen LogP contribution in [0.1, 0.15) is 30.4 Å². The van der Waals surface area contributed by atoms with Crippen LogP contribution in [0.2, 0.25) is 0 Å². The lowest BCUT2D eigenvalue weighted by atomic mass is 10.1. The molecule has 0 bridgehead atoms. The Morgan fingerprint density at radius 2 is 2.11 bits per heavy atom. The van der Waals surface area contributed by atoms with Gasteiger partial charge in [-0.3, -0.25) is 4.79 Å². The highest BCUT2D eigenvalue weighted by Gasteiger charge is 2.22. The summed E-state index contributed by atoms with van der Waals surface area (Å²) in [7, 11) is 0. The van der Waals surface area contributed by atoms with E-state index in [2.05, 4.69) is 40.8 Å². The summed E-state index contributed by atoms with van der Waals surface area (Å²) in [6.07, 6.45) is 4.62. The number of amides is 1. The number of nitrogens with zero attached hydrogens (tertiary/aromatic N) is 2. The van der Waals surface area contributed by atoms with Crippen LogP contribution in [0.3, 0.4) is 0 Å². The summed E-state index contributed by atoms with van der Waals surface area (Å²) in [6, 6.07) is 4.69. The lowest BCUT2D eigenvalue weighted by Gasteiger charge is -2.06. The van der Waals surface area contributed by atoms with Gasteiger partial charge in [-0.05, 0) is 49.9 Å². The first kappa shape index (κ1) is 12.2. The molecule has 0 aliphatic heterocycles. The third-order valence-corrected chi connectivity index (χ3v) is 3.76. The molecule has 0 radical (unpaired) electrons. The van der Waals surface area contributed by atoms with E-state index >= 15 is 0 Å². The maximum atomic E-state index is 11.7. The van der Waals surface area contributed by atoms with E-state index in [1.54, 1.807) is 0 Å². The molecule has 1 aliphatic rings. The molecule has 1 fully saturated rings. The van der Waals surface area contributed by atoms with E-state index in [0.29, 0.717) is 19.0 Å². The monoisotopic (exact) mass is 257 g/mol. The number of carbonyl (C=O) groups excluding carboxylic acids is 1. The molecule has 1 aliphatic carbocycles. The van der Waals surface area contributed by atoms with Gasteiger partial charge >= 0.3 is 0 Å². The van der Waals surface area contributed by atoms with Gasteiger partial charge in [0.2, 0.25) is 5.91 Å².